The number of nitrogens with zero attached hydrogens (tertiary/aromatic N) is 1. The van der Waals surface area contributed by atoms with Crippen LogP contribution in [0.4, 0.5) is 0 Å². The summed E-state index contributed by atoms with van der Waals surface area (Å²) in [5.74, 6) is 1.74. The summed E-state index contributed by atoms with van der Waals surface area (Å²) in [6, 6.07) is 32.2. The van der Waals surface area contributed by atoms with Crippen molar-refractivity contribution in [3.8, 4) is 5.75 Å². The largest absolute Gasteiger partial charge is 0.497 e. The lowest BCUT2D eigenvalue weighted by molar-refractivity contribution is 0.0922. The summed E-state index contributed by atoms with van der Waals surface area (Å²) in [4.78, 5) is 14.8. The monoisotopic (exact) mass is 454 g/mol. The molecule has 3 aromatic carbocycles. The van der Waals surface area contributed by atoms with E-state index in [9.17, 15) is 4.79 Å². The van der Waals surface area contributed by atoms with E-state index >= 15 is 0 Å². The lowest BCUT2D eigenvalue weighted by Crippen LogP contribution is -2.25. The smallest absolute Gasteiger partial charge is 0.287 e. The molecule has 34 heavy (non-hydrogen) atoms. The summed E-state index contributed by atoms with van der Waals surface area (Å²) < 4.78 is 11.3. The Bertz CT molecular complexity index is 1170. The van der Waals surface area contributed by atoms with Crippen LogP contribution in [0.5, 0.6) is 5.75 Å². The number of carbonyl (C=O) groups is 1. The van der Waals surface area contributed by atoms with E-state index in [0.29, 0.717) is 18.8 Å². The Morgan fingerprint density at radius 2 is 1.47 bits per heavy atom. The second-order valence-electron chi connectivity index (χ2n) is 8.24. The molecule has 0 radical (unpaired) electrons. The van der Waals surface area contributed by atoms with Crippen molar-refractivity contribution in [2.24, 2.45) is 0 Å². The molecule has 0 saturated carbocycles. The molecule has 0 atom stereocenters. The Morgan fingerprint density at radius 1 is 0.794 bits per heavy atom. The third kappa shape index (κ3) is 6.83. The molecule has 1 heterocycles. The van der Waals surface area contributed by atoms with Crippen molar-refractivity contribution in [3.05, 3.63) is 125 Å². The van der Waals surface area contributed by atoms with Gasteiger partial charge in [-0.2, -0.15) is 0 Å². The van der Waals surface area contributed by atoms with Gasteiger partial charge in [-0.25, -0.2) is 0 Å². The Kier molecular flexibility index (Phi) is 8.14. The van der Waals surface area contributed by atoms with Gasteiger partial charge in [-0.3, -0.25) is 9.69 Å². The highest BCUT2D eigenvalue weighted by molar-refractivity contribution is 5.91. The predicted octanol–water partition coefficient (Wildman–Crippen LogP) is 5.46. The lowest BCUT2D eigenvalue weighted by atomic mass is 10.1. The molecule has 0 aliphatic carbocycles. The fourth-order valence-corrected chi connectivity index (χ4v) is 3.90. The van der Waals surface area contributed by atoms with Gasteiger partial charge in [-0.1, -0.05) is 72.8 Å². The Hall–Kier alpha value is -3.83. The summed E-state index contributed by atoms with van der Waals surface area (Å²) in [5, 5.41) is 2.95. The number of benzene rings is 3. The molecule has 0 bridgehead atoms. The van der Waals surface area contributed by atoms with Crippen LogP contribution in [0.1, 0.15) is 33.0 Å². The molecule has 4 rings (SSSR count). The Balaban J connectivity index is 1.39. The van der Waals surface area contributed by atoms with E-state index in [1.165, 1.54) is 11.1 Å². The van der Waals surface area contributed by atoms with Gasteiger partial charge >= 0.3 is 0 Å². The lowest BCUT2D eigenvalue weighted by Gasteiger charge is -2.22. The summed E-state index contributed by atoms with van der Waals surface area (Å²) in [7, 11) is 1.68. The molecule has 0 aliphatic rings. The highest BCUT2D eigenvalue weighted by Gasteiger charge is 2.15. The molecular weight excluding hydrogens is 424 g/mol. The second kappa shape index (κ2) is 11.9. The third-order valence-corrected chi connectivity index (χ3v) is 5.60. The van der Waals surface area contributed by atoms with Crippen molar-refractivity contribution < 1.29 is 13.9 Å². The molecular formula is C29H30N2O3. The van der Waals surface area contributed by atoms with E-state index < -0.39 is 0 Å². The van der Waals surface area contributed by atoms with Gasteiger partial charge in [0, 0.05) is 19.6 Å². The first kappa shape index (κ1) is 23.3. The van der Waals surface area contributed by atoms with Crippen LogP contribution < -0.4 is 10.1 Å². The average molecular weight is 455 g/mol. The predicted molar refractivity (Wildman–Crippen MR) is 134 cm³/mol. The van der Waals surface area contributed by atoms with Crippen LogP contribution in [0.2, 0.25) is 0 Å². The molecule has 0 fully saturated rings. The zero-order valence-electron chi connectivity index (χ0n) is 19.4. The summed E-state index contributed by atoms with van der Waals surface area (Å²) in [6.07, 6.45) is 0.783. The average Bonchev–Trinajstić information content (AvgIpc) is 3.34. The van der Waals surface area contributed by atoms with Crippen LogP contribution in [0.25, 0.3) is 0 Å². The Morgan fingerprint density at radius 3 is 2.21 bits per heavy atom. The van der Waals surface area contributed by atoms with Gasteiger partial charge < -0.3 is 14.5 Å². The molecule has 1 amide bonds. The summed E-state index contributed by atoms with van der Waals surface area (Å²) in [6.45, 7) is 2.64. The minimum atomic E-state index is -0.190. The third-order valence-electron chi connectivity index (χ3n) is 5.60. The maximum Gasteiger partial charge on any atom is 0.287 e. The molecule has 5 heteroatoms. The van der Waals surface area contributed by atoms with Crippen LogP contribution in [0.3, 0.4) is 0 Å². The zero-order chi connectivity index (χ0) is 23.6. The van der Waals surface area contributed by atoms with Crippen LogP contribution in [0.15, 0.2) is 101 Å². The van der Waals surface area contributed by atoms with Crippen LogP contribution in [-0.2, 0) is 26.1 Å². The first-order chi connectivity index (χ1) is 16.7. The minimum Gasteiger partial charge on any atom is -0.497 e. The maximum absolute atomic E-state index is 12.6. The molecule has 1 aromatic heterocycles. The summed E-state index contributed by atoms with van der Waals surface area (Å²) >= 11 is 0. The van der Waals surface area contributed by atoms with E-state index in [2.05, 4.69) is 40.5 Å². The molecule has 0 aliphatic heterocycles. The van der Waals surface area contributed by atoms with Crippen LogP contribution in [0, 0.1) is 0 Å². The number of ether oxygens (including phenoxy) is 1. The SMILES string of the molecule is COc1cccc(CN(Cc2ccccc2)Cc2ccc(C(=O)NCCc3ccccc3)o2)c1. The first-order valence-corrected chi connectivity index (χ1v) is 11.5. The zero-order valence-corrected chi connectivity index (χ0v) is 19.4. The van der Waals surface area contributed by atoms with Crippen molar-refractivity contribution in [1.82, 2.24) is 10.2 Å². The van der Waals surface area contributed by atoms with Crippen molar-refractivity contribution in [1.29, 1.82) is 0 Å². The number of hydrogen-bond acceptors (Lipinski definition) is 4. The molecule has 0 saturated heterocycles. The van der Waals surface area contributed by atoms with Gasteiger partial charge in [0.05, 0.1) is 13.7 Å². The van der Waals surface area contributed by atoms with Gasteiger partial charge in [0.15, 0.2) is 5.76 Å². The van der Waals surface area contributed by atoms with E-state index in [4.69, 9.17) is 9.15 Å². The van der Waals surface area contributed by atoms with Gasteiger partial charge in [-0.05, 0) is 47.4 Å². The summed E-state index contributed by atoms with van der Waals surface area (Å²) in [5.41, 5.74) is 3.56. The molecule has 5 nitrogen and oxygen atoms in total. The van der Waals surface area contributed by atoms with Crippen molar-refractivity contribution in [2.75, 3.05) is 13.7 Å². The number of carbonyl (C=O) groups excluding carboxylic acids is 1. The standard InChI is InChI=1S/C29H30N2O3/c1-33-26-14-8-13-25(19-26)21-31(20-24-11-6-3-7-12-24)22-27-15-16-28(34-27)29(32)30-18-17-23-9-4-2-5-10-23/h2-16,19H,17-18,20-22H2,1H3,(H,30,32). The van der Waals surface area contributed by atoms with Crippen molar-refractivity contribution >= 4 is 5.91 Å². The van der Waals surface area contributed by atoms with E-state index in [0.717, 1.165) is 36.6 Å². The van der Waals surface area contributed by atoms with Gasteiger partial charge in [0.2, 0.25) is 0 Å². The fourth-order valence-electron chi connectivity index (χ4n) is 3.90. The van der Waals surface area contributed by atoms with Crippen LogP contribution in [-0.4, -0.2) is 24.5 Å². The molecule has 174 valence electrons. The number of hydrogen-bond donors (Lipinski definition) is 1. The van der Waals surface area contributed by atoms with E-state index in [1.54, 1.807) is 13.2 Å². The van der Waals surface area contributed by atoms with E-state index in [-0.39, 0.29) is 5.91 Å². The van der Waals surface area contributed by atoms with Gasteiger partial charge in [0.1, 0.15) is 11.5 Å². The molecule has 1 N–H and O–H groups in total. The number of furan rings is 1. The normalized spacial score (nSPS) is 10.9. The second-order valence-corrected chi connectivity index (χ2v) is 8.24. The first-order valence-electron chi connectivity index (χ1n) is 11.5. The number of methoxy groups -OCH3 is 1. The topological polar surface area (TPSA) is 54.7 Å². The van der Waals surface area contributed by atoms with Gasteiger partial charge in [0.25, 0.3) is 5.91 Å². The maximum atomic E-state index is 12.6. The van der Waals surface area contributed by atoms with E-state index in [1.807, 2.05) is 60.7 Å². The number of rotatable bonds is 11. The van der Waals surface area contributed by atoms with Crippen LogP contribution >= 0.6 is 0 Å². The fraction of sp³-hybridized carbons (Fsp3) is 0.207. The van der Waals surface area contributed by atoms with Crippen molar-refractivity contribution in [2.45, 2.75) is 26.1 Å². The number of amides is 1. The highest BCUT2D eigenvalue weighted by atomic mass is 16.5. The molecule has 0 unspecified atom stereocenters. The van der Waals surface area contributed by atoms with Crippen molar-refractivity contribution in [3.63, 3.8) is 0 Å². The quantitative estimate of drug-likeness (QED) is 0.327. The number of nitrogens with one attached hydrogen (secondary N) is 1. The molecule has 4 aromatic rings. The minimum absolute atomic E-state index is 0.190. The van der Waals surface area contributed by atoms with Gasteiger partial charge in [-0.15, -0.1) is 0 Å². The Labute approximate surface area is 201 Å². The molecule has 0 spiro atoms. The highest BCUT2D eigenvalue weighted by Crippen LogP contribution is 2.19.